The van der Waals surface area contributed by atoms with Crippen molar-refractivity contribution in [2.24, 2.45) is 5.10 Å². The van der Waals surface area contributed by atoms with E-state index in [9.17, 15) is 9.59 Å². The predicted octanol–water partition coefficient (Wildman–Crippen LogP) is 3.66. The molecule has 0 fully saturated rings. The third-order valence-electron chi connectivity index (χ3n) is 3.26. The van der Waals surface area contributed by atoms with Crippen molar-refractivity contribution in [2.75, 3.05) is 6.61 Å². The van der Waals surface area contributed by atoms with Crippen molar-refractivity contribution >= 4 is 41.2 Å². The van der Waals surface area contributed by atoms with Crippen molar-refractivity contribution in [3.63, 3.8) is 0 Å². The summed E-state index contributed by atoms with van der Waals surface area (Å²) in [5.41, 5.74) is 3.43. The Kier molecular flexibility index (Phi) is 7.64. The highest BCUT2D eigenvalue weighted by atomic mass is 35.5. The van der Waals surface area contributed by atoms with Crippen LogP contribution in [0.25, 0.3) is 0 Å². The number of carbonyl (C=O) groups excluding carboxylic acids is 2. The summed E-state index contributed by atoms with van der Waals surface area (Å²) in [5.74, 6) is -0.0636. The number of carbonyl (C=O) groups is 2. The molecule has 0 unspecified atom stereocenters. The van der Waals surface area contributed by atoms with Gasteiger partial charge in [0.1, 0.15) is 5.75 Å². The molecule has 2 N–H and O–H groups in total. The van der Waals surface area contributed by atoms with Gasteiger partial charge in [-0.25, -0.2) is 5.43 Å². The van der Waals surface area contributed by atoms with Gasteiger partial charge in [0.05, 0.1) is 16.8 Å². The Morgan fingerprint density at radius 3 is 2.48 bits per heavy atom. The van der Waals surface area contributed by atoms with Gasteiger partial charge in [-0.3, -0.25) is 9.59 Å². The Balaban J connectivity index is 1.86. The van der Waals surface area contributed by atoms with Crippen LogP contribution in [0.3, 0.4) is 0 Å². The number of ether oxygens (including phenoxy) is 1. The second kappa shape index (κ2) is 9.94. The molecule has 2 amide bonds. The smallest absolute Gasteiger partial charge is 0.272 e. The van der Waals surface area contributed by atoms with E-state index in [2.05, 4.69) is 15.8 Å². The highest BCUT2D eigenvalue weighted by Crippen LogP contribution is 2.20. The fourth-order valence-corrected chi connectivity index (χ4v) is 2.56. The van der Waals surface area contributed by atoms with Crippen LogP contribution >= 0.6 is 23.2 Å². The zero-order valence-corrected chi connectivity index (χ0v) is 16.3. The first-order valence-corrected chi connectivity index (χ1v) is 8.91. The lowest BCUT2D eigenvalue weighted by Crippen LogP contribution is -2.34. The molecule has 0 aliphatic heterocycles. The van der Waals surface area contributed by atoms with Gasteiger partial charge in [-0.1, -0.05) is 23.2 Å². The molecule has 0 atom stereocenters. The number of rotatable bonds is 7. The highest BCUT2D eigenvalue weighted by Gasteiger charge is 2.09. The maximum atomic E-state index is 12.0. The van der Waals surface area contributed by atoms with Crippen LogP contribution in [-0.2, 0) is 4.79 Å². The molecule has 0 saturated carbocycles. The maximum Gasteiger partial charge on any atom is 0.272 e. The number of hydrogen-bond acceptors (Lipinski definition) is 4. The number of benzene rings is 2. The SMILES string of the molecule is CC(C)NC(=O)COc1ccc(/C=N/NC(=O)c2ccc(Cl)cc2Cl)cc1. The zero-order valence-electron chi connectivity index (χ0n) is 14.8. The molecule has 0 radical (unpaired) electrons. The second-order valence-corrected chi connectivity index (χ2v) is 6.75. The Morgan fingerprint density at radius 2 is 1.85 bits per heavy atom. The van der Waals surface area contributed by atoms with Crippen molar-refractivity contribution in [1.82, 2.24) is 10.7 Å². The van der Waals surface area contributed by atoms with E-state index < -0.39 is 5.91 Å². The largest absolute Gasteiger partial charge is 0.484 e. The first-order valence-electron chi connectivity index (χ1n) is 8.16. The van der Waals surface area contributed by atoms with E-state index in [1.54, 1.807) is 30.3 Å². The molecule has 0 spiro atoms. The molecule has 6 nitrogen and oxygen atoms in total. The van der Waals surface area contributed by atoms with Gasteiger partial charge in [0.2, 0.25) is 0 Å². The van der Waals surface area contributed by atoms with E-state index in [0.29, 0.717) is 10.8 Å². The van der Waals surface area contributed by atoms with Crippen LogP contribution in [0.4, 0.5) is 0 Å². The summed E-state index contributed by atoms with van der Waals surface area (Å²) in [7, 11) is 0. The lowest BCUT2D eigenvalue weighted by molar-refractivity contribution is -0.123. The minimum absolute atomic E-state index is 0.0521. The topological polar surface area (TPSA) is 79.8 Å². The van der Waals surface area contributed by atoms with E-state index >= 15 is 0 Å². The third-order valence-corrected chi connectivity index (χ3v) is 3.80. The molecule has 0 saturated heterocycles. The minimum Gasteiger partial charge on any atom is -0.484 e. The average Bonchev–Trinajstić information content (AvgIpc) is 2.60. The summed E-state index contributed by atoms with van der Waals surface area (Å²) in [5, 5.41) is 7.33. The van der Waals surface area contributed by atoms with E-state index in [1.165, 1.54) is 18.3 Å². The Morgan fingerprint density at radius 1 is 1.15 bits per heavy atom. The number of nitrogens with zero attached hydrogens (tertiary/aromatic N) is 1. The molecule has 27 heavy (non-hydrogen) atoms. The van der Waals surface area contributed by atoms with Crippen molar-refractivity contribution in [2.45, 2.75) is 19.9 Å². The fraction of sp³-hybridized carbons (Fsp3) is 0.211. The number of nitrogens with one attached hydrogen (secondary N) is 2. The predicted molar refractivity (Wildman–Crippen MR) is 107 cm³/mol. The first kappa shape index (κ1) is 20.7. The van der Waals surface area contributed by atoms with Crippen molar-refractivity contribution in [3.05, 3.63) is 63.6 Å². The molecule has 0 aliphatic carbocycles. The normalized spacial score (nSPS) is 10.9. The van der Waals surface area contributed by atoms with Gasteiger partial charge in [-0.15, -0.1) is 0 Å². The zero-order chi connectivity index (χ0) is 19.8. The highest BCUT2D eigenvalue weighted by molar-refractivity contribution is 6.36. The van der Waals surface area contributed by atoms with Crippen LogP contribution in [0.1, 0.15) is 29.8 Å². The molecule has 0 aliphatic rings. The number of hydrogen-bond donors (Lipinski definition) is 2. The monoisotopic (exact) mass is 407 g/mol. The summed E-state index contributed by atoms with van der Waals surface area (Å²) < 4.78 is 5.40. The lowest BCUT2D eigenvalue weighted by Gasteiger charge is -2.09. The second-order valence-electron chi connectivity index (χ2n) is 5.90. The average molecular weight is 408 g/mol. The Bertz CT molecular complexity index is 837. The van der Waals surface area contributed by atoms with Crippen molar-refractivity contribution < 1.29 is 14.3 Å². The molecule has 2 rings (SSSR count). The van der Waals surface area contributed by atoms with Gasteiger partial charge >= 0.3 is 0 Å². The third kappa shape index (κ3) is 6.92. The number of amides is 2. The summed E-state index contributed by atoms with van der Waals surface area (Å²) in [6, 6.07) is 11.6. The van der Waals surface area contributed by atoms with Crippen LogP contribution < -0.4 is 15.5 Å². The summed E-state index contributed by atoms with van der Waals surface area (Å²) in [4.78, 5) is 23.6. The molecule has 0 heterocycles. The first-order chi connectivity index (χ1) is 12.8. The van der Waals surface area contributed by atoms with E-state index in [4.69, 9.17) is 27.9 Å². The molecular formula is C19H19Cl2N3O3. The van der Waals surface area contributed by atoms with Gasteiger partial charge in [0, 0.05) is 11.1 Å². The van der Waals surface area contributed by atoms with E-state index in [1.807, 2.05) is 13.8 Å². The maximum absolute atomic E-state index is 12.0. The van der Waals surface area contributed by atoms with E-state index in [-0.39, 0.29) is 29.1 Å². The summed E-state index contributed by atoms with van der Waals surface area (Å²) >= 11 is 11.8. The summed E-state index contributed by atoms with van der Waals surface area (Å²) in [6.45, 7) is 3.71. The molecule has 0 bridgehead atoms. The van der Waals surface area contributed by atoms with Gasteiger partial charge in [0.25, 0.3) is 11.8 Å². The van der Waals surface area contributed by atoms with Crippen LogP contribution in [0.5, 0.6) is 5.75 Å². The number of hydrazone groups is 1. The van der Waals surface area contributed by atoms with Crippen molar-refractivity contribution in [1.29, 1.82) is 0 Å². The van der Waals surface area contributed by atoms with Crippen LogP contribution in [0, 0.1) is 0 Å². The molecule has 8 heteroatoms. The van der Waals surface area contributed by atoms with Gasteiger partial charge in [0.15, 0.2) is 6.61 Å². The van der Waals surface area contributed by atoms with Gasteiger partial charge in [-0.05, 0) is 61.9 Å². The quantitative estimate of drug-likeness (QED) is 0.542. The molecule has 2 aromatic rings. The Labute approximate surface area is 167 Å². The number of halogens is 2. The van der Waals surface area contributed by atoms with Crippen molar-refractivity contribution in [3.8, 4) is 5.75 Å². The summed E-state index contributed by atoms with van der Waals surface area (Å²) in [6.07, 6.45) is 1.48. The van der Waals surface area contributed by atoms with Gasteiger partial charge in [-0.2, -0.15) is 5.10 Å². The van der Waals surface area contributed by atoms with Crippen LogP contribution in [0.15, 0.2) is 47.6 Å². The van der Waals surface area contributed by atoms with Crippen LogP contribution in [0.2, 0.25) is 10.0 Å². The molecule has 0 aromatic heterocycles. The fourth-order valence-electron chi connectivity index (χ4n) is 2.06. The standard InChI is InChI=1S/C19H19Cl2N3O3/c1-12(2)23-18(25)11-27-15-6-3-13(4-7-15)10-22-24-19(26)16-8-5-14(20)9-17(16)21/h3-10,12H,11H2,1-2H3,(H,23,25)(H,24,26)/b22-10+. The van der Waals surface area contributed by atoms with Gasteiger partial charge < -0.3 is 10.1 Å². The molecule has 142 valence electrons. The molecular weight excluding hydrogens is 389 g/mol. The minimum atomic E-state index is -0.441. The lowest BCUT2D eigenvalue weighted by atomic mass is 10.2. The van der Waals surface area contributed by atoms with E-state index in [0.717, 1.165) is 5.56 Å². The molecule has 2 aromatic carbocycles. The Hall–Kier alpha value is -2.57. The van der Waals surface area contributed by atoms with Crippen LogP contribution in [-0.4, -0.2) is 30.7 Å².